The van der Waals surface area contributed by atoms with E-state index in [0.29, 0.717) is 6.42 Å². The SMILES string of the molecule is CC(N)CC(=O)NC(C)c1cnn(C)c1.Cl. The zero-order chi connectivity index (χ0) is 11.4. The first-order valence-corrected chi connectivity index (χ1v) is 5.02. The maximum Gasteiger partial charge on any atom is 0.222 e. The van der Waals surface area contributed by atoms with E-state index in [-0.39, 0.29) is 30.4 Å². The van der Waals surface area contributed by atoms with Gasteiger partial charge in [0.25, 0.3) is 0 Å². The molecule has 1 amide bonds. The normalized spacial score (nSPS) is 13.8. The Balaban J connectivity index is 0.00000225. The minimum atomic E-state index is -0.105. The van der Waals surface area contributed by atoms with E-state index in [1.165, 1.54) is 0 Å². The summed E-state index contributed by atoms with van der Waals surface area (Å²) in [6, 6.07) is -0.129. The van der Waals surface area contributed by atoms with E-state index in [9.17, 15) is 4.79 Å². The molecule has 2 unspecified atom stereocenters. The van der Waals surface area contributed by atoms with Gasteiger partial charge in [0, 0.05) is 31.3 Å². The van der Waals surface area contributed by atoms with E-state index in [1.54, 1.807) is 10.9 Å². The summed E-state index contributed by atoms with van der Waals surface area (Å²) in [5.74, 6) is -0.0265. The second-order valence-corrected chi connectivity index (χ2v) is 3.92. The third kappa shape index (κ3) is 4.63. The summed E-state index contributed by atoms with van der Waals surface area (Å²) < 4.78 is 1.71. The van der Waals surface area contributed by atoms with Gasteiger partial charge in [-0.25, -0.2) is 0 Å². The maximum absolute atomic E-state index is 11.4. The number of carbonyl (C=O) groups excluding carboxylic acids is 1. The predicted octanol–water partition coefficient (Wildman–Crippen LogP) is 0.756. The van der Waals surface area contributed by atoms with Gasteiger partial charge in [-0.05, 0) is 13.8 Å². The number of aromatic nitrogens is 2. The molecule has 0 spiro atoms. The van der Waals surface area contributed by atoms with Crippen LogP contribution in [0.25, 0.3) is 0 Å². The van der Waals surface area contributed by atoms with Crippen molar-refractivity contribution in [1.82, 2.24) is 15.1 Å². The average Bonchev–Trinajstić information content (AvgIpc) is 2.49. The van der Waals surface area contributed by atoms with Crippen LogP contribution in [0.2, 0.25) is 0 Å². The van der Waals surface area contributed by atoms with Crippen molar-refractivity contribution in [1.29, 1.82) is 0 Å². The molecule has 0 aliphatic carbocycles. The van der Waals surface area contributed by atoms with E-state index in [1.807, 2.05) is 27.1 Å². The van der Waals surface area contributed by atoms with Crippen molar-refractivity contribution in [2.45, 2.75) is 32.4 Å². The summed E-state index contributed by atoms with van der Waals surface area (Å²) in [6.45, 7) is 3.74. The summed E-state index contributed by atoms with van der Waals surface area (Å²) in [5, 5.41) is 6.92. The number of nitrogens with zero attached hydrogens (tertiary/aromatic N) is 2. The Labute approximate surface area is 102 Å². The molecule has 5 nitrogen and oxygen atoms in total. The molecule has 1 rings (SSSR count). The molecule has 2 atom stereocenters. The molecule has 0 aromatic carbocycles. The van der Waals surface area contributed by atoms with Crippen LogP contribution in [0.15, 0.2) is 12.4 Å². The average molecular weight is 247 g/mol. The molecule has 0 fully saturated rings. The van der Waals surface area contributed by atoms with Gasteiger partial charge in [0.15, 0.2) is 0 Å². The van der Waals surface area contributed by atoms with Crippen molar-refractivity contribution in [3.05, 3.63) is 18.0 Å². The smallest absolute Gasteiger partial charge is 0.222 e. The van der Waals surface area contributed by atoms with Crippen LogP contribution in [0.1, 0.15) is 31.9 Å². The maximum atomic E-state index is 11.4. The summed E-state index contributed by atoms with van der Waals surface area (Å²) in [5.41, 5.74) is 6.53. The lowest BCUT2D eigenvalue weighted by atomic mass is 10.1. The van der Waals surface area contributed by atoms with Crippen molar-refractivity contribution in [2.75, 3.05) is 0 Å². The highest BCUT2D eigenvalue weighted by Crippen LogP contribution is 2.10. The number of halogens is 1. The third-order valence-corrected chi connectivity index (χ3v) is 2.11. The molecular weight excluding hydrogens is 228 g/mol. The molecule has 6 heteroatoms. The van der Waals surface area contributed by atoms with Gasteiger partial charge >= 0.3 is 0 Å². The van der Waals surface area contributed by atoms with E-state index >= 15 is 0 Å². The zero-order valence-corrected chi connectivity index (χ0v) is 10.6. The molecule has 16 heavy (non-hydrogen) atoms. The Kier molecular flexibility index (Phi) is 6.06. The van der Waals surface area contributed by atoms with Gasteiger partial charge in [0.2, 0.25) is 5.91 Å². The topological polar surface area (TPSA) is 72.9 Å². The minimum absolute atomic E-state index is 0. The van der Waals surface area contributed by atoms with E-state index in [0.717, 1.165) is 5.56 Å². The first-order valence-electron chi connectivity index (χ1n) is 5.02. The van der Waals surface area contributed by atoms with E-state index in [4.69, 9.17) is 5.73 Å². The molecule has 1 aromatic rings. The molecule has 1 aromatic heterocycles. The molecule has 0 saturated heterocycles. The predicted molar refractivity (Wildman–Crippen MR) is 65.3 cm³/mol. The number of nitrogens with one attached hydrogen (secondary N) is 1. The van der Waals surface area contributed by atoms with Crippen LogP contribution in [0.3, 0.4) is 0 Å². The fourth-order valence-electron chi connectivity index (χ4n) is 1.34. The Morgan fingerprint density at radius 3 is 2.69 bits per heavy atom. The van der Waals surface area contributed by atoms with Crippen LogP contribution in [-0.4, -0.2) is 21.7 Å². The number of nitrogens with two attached hydrogens (primary N) is 1. The number of rotatable bonds is 4. The third-order valence-electron chi connectivity index (χ3n) is 2.11. The zero-order valence-electron chi connectivity index (χ0n) is 9.80. The largest absolute Gasteiger partial charge is 0.349 e. The van der Waals surface area contributed by atoms with Crippen molar-refractivity contribution in [2.24, 2.45) is 12.8 Å². The summed E-state index contributed by atoms with van der Waals surface area (Å²) in [7, 11) is 1.85. The highest BCUT2D eigenvalue weighted by atomic mass is 35.5. The number of carbonyl (C=O) groups is 1. The summed E-state index contributed by atoms with van der Waals surface area (Å²) in [4.78, 5) is 11.4. The standard InChI is InChI=1S/C10H18N4O.ClH/c1-7(11)4-10(15)13-8(2)9-5-12-14(3)6-9;/h5-8H,4,11H2,1-3H3,(H,13,15);1H. The molecule has 1 heterocycles. The van der Waals surface area contributed by atoms with Gasteiger partial charge < -0.3 is 11.1 Å². The van der Waals surface area contributed by atoms with Crippen molar-refractivity contribution >= 4 is 18.3 Å². The Morgan fingerprint density at radius 1 is 1.62 bits per heavy atom. The van der Waals surface area contributed by atoms with Crippen LogP contribution in [-0.2, 0) is 11.8 Å². The summed E-state index contributed by atoms with van der Waals surface area (Å²) in [6.07, 6.45) is 3.98. The van der Waals surface area contributed by atoms with Crippen LogP contribution >= 0.6 is 12.4 Å². The number of hydrogen-bond donors (Lipinski definition) is 2. The molecule has 0 saturated carbocycles. The second kappa shape index (κ2) is 6.50. The molecular formula is C10H19ClN4O. The lowest BCUT2D eigenvalue weighted by Crippen LogP contribution is -2.31. The Morgan fingerprint density at radius 2 is 2.25 bits per heavy atom. The van der Waals surface area contributed by atoms with Gasteiger partial charge in [-0.3, -0.25) is 9.48 Å². The first kappa shape index (κ1) is 14.9. The highest BCUT2D eigenvalue weighted by Gasteiger charge is 2.11. The number of amides is 1. The molecule has 0 aliphatic heterocycles. The van der Waals surface area contributed by atoms with Crippen LogP contribution in [0.5, 0.6) is 0 Å². The minimum Gasteiger partial charge on any atom is -0.349 e. The van der Waals surface area contributed by atoms with Gasteiger partial charge in [0.05, 0.1) is 12.2 Å². The molecule has 92 valence electrons. The van der Waals surface area contributed by atoms with Crippen LogP contribution in [0.4, 0.5) is 0 Å². The van der Waals surface area contributed by atoms with Crippen molar-refractivity contribution in [3.8, 4) is 0 Å². The van der Waals surface area contributed by atoms with Gasteiger partial charge in [-0.1, -0.05) is 0 Å². The van der Waals surface area contributed by atoms with E-state index in [2.05, 4.69) is 10.4 Å². The first-order chi connectivity index (χ1) is 6.99. The number of hydrogen-bond acceptors (Lipinski definition) is 3. The van der Waals surface area contributed by atoms with Crippen molar-refractivity contribution in [3.63, 3.8) is 0 Å². The fraction of sp³-hybridized carbons (Fsp3) is 0.600. The van der Waals surface area contributed by atoms with Gasteiger partial charge in [-0.2, -0.15) is 5.10 Å². The van der Waals surface area contributed by atoms with Crippen LogP contribution in [0, 0.1) is 0 Å². The van der Waals surface area contributed by atoms with E-state index < -0.39 is 0 Å². The second-order valence-electron chi connectivity index (χ2n) is 3.92. The molecule has 0 bridgehead atoms. The van der Waals surface area contributed by atoms with Gasteiger partial charge in [0.1, 0.15) is 0 Å². The molecule has 3 N–H and O–H groups in total. The molecule has 0 aliphatic rings. The lowest BCUT2D eigenvalue weighted by molar-refractivity contribution is -0.122. The lowest BCUT2D eigenvalue weighted by Gasteiger charge is -2.13. The Hall–Kier alpha value is -1.07. The van der Waals surface area contributed by atoms with Gasteiger partial charge in [-0.15, -0.1) is 12.4 Å². The number of aryl methyl sites for hydroxylation is 1. The monoisotopic (exact) mass is 246 g/mol. The van der Waals surface area contributed by atoms with Crippen LogP contribution < -0.4 is 11.1 Å². The fourth-order valence-corrected chi connectivity index (χ4v) is 1.34. The Bertz CT molecular complexity index is 337. The van der Waals surface area contributed by atoms with Crippen molar-refractivity contribution < 1.29 is 4.79 Å². The molecule has 0 radical (unpaired) electrons. The quantitative estimate of drug-likeness (QED) is 0.824. The highest BCUT2D eigenvalue weighted by molar-refractivity contribution is 5.85. The summed E-state index contributed by atoms with van der Waals surface area (Å²) >= 11 is 0.